The molecular weight excluding hydrogens is 191 g/mol. The lowest BCUT2D eigenvalue weighted by atomic mass is 10.4. The molecule has 3 aliphatic heterocycles. The number of rotatable bonds is 1. The molecule has 2 aromatic heterocycles. The lowest BCUT2D eigenvalue weighted by Crippen LogP contribution is -1.96. The van der Waals surface area contributed by atoms with Crippen molar-refractivity contribution < 1.29 is 13.4 Å². The van der Waals surface area contributed by atoms with Gasteiger partial charge in [-0.2, -0.15) is 4.98 Å². The summed E-state index contributed by atoms with van der Waals surface area (Å²) in [5.74, 6) is 0.578. The second-order valence-electron chi connectivity index (χ2n) is 3.11. The fraction of sp³-hybridized carbons (Fsp3) is 0. The number of furan rings is 1. The maximum Gasteiger partial charge on any atom is 0.292 e. The minimum Gasteiger partial charge on any atom is -0.449 e. The summed E-state index contributed by atoms with van der Waals surface area (Å²) in [5, 5.41) is 1.76. The van der Waals surface area contributed by atoms with Gasteiger partial charge in [0.2, 0.25) is 7.14 Å². The summed E-state index contributed by atoms with van der Waals surface area (Å²) in [7, 11) is -2.14. The number of anilines is 1. The van der Waals surface area contributed by atoms with E-state index in [1.165, 1.54) is 6.26 Å². The Morgan fingerprint density at radius 3 is 2.69 bits per heavy atom. The van der Waals surface area contributed by atoms with Crippen LogP contribution in [-0.2, 0) is 4.57 Å². The molecule has 5 rings (SSSR count). The smallest absolute Gasteiger partial charge is 0.292 e. The summed E-state index contributed by atoms with van der Waals surface area (Å²) in [4.78, 5) is 3.89. The number of aromatic nitrogens is 1. The van der Waals surface area contributed by atoms with Crippen molar-refractivity contribution in [1.82, 2.24) is 4.98 Å². The molecule has 2 aromatic rings. The molecule has 0 amide bonds. The molecule has 0 aromatic carbocycles. The van der Waals surface area contributed by atoms with Gasteiger partial charge in [-0.15, -0.1) is 0 Å². The maximum atomic E-state index is 11.6. The van der Waals surface area contributed by atoms with Gasteiger partial charge < -0.3 is 19.1 Å². The van der Waals surface area contributed by atoms with Crippen molar-refractivity contribution in [3.8, 4) is 11.5 Å². The summed E-state index contributed by atoms with van der Waals surface area (Å²) >= 11 is 0. The van der Waals surface area contributed by atoms with Gasteiger partial charge in [-0.05, 0) is 0 Å². The van der Waals surface area contributed by atoms with Crippen LogP contribution in [0, 0.1) is 0 Å². The fourth-order valence-electron chi connectivity index (χ4n) is 1.67. The molecule has 0 fully saturated rings. The van der Waals surface area contributed by atoms with Crippen LogP contribution in [0.15, 0.2) is 15.1 Å². The quantitative estimate of drug-likeness (QED) is 0.423. The first-order valence-electron chi connectivity index (χ1n) is 3.73. The highest BCUT2D eigenvalue weighted by atomic mass is 31.2. The van der Waals surface area contributed by atoms with E-state index in [1.54, 1.807) is 0 Å². The molecule has 2 N–H and O–H groups in total. The molecule has 6 heteroatoms. The second-order valence-corrected chi connectivity index (χ2v) is 5.63. The molecule has 13 heavy (non-hydrogen) atoms. The summed E-state index contributed by atoms with van der Waals surface area (Å²) in [6, 6.07) is 0.0964. The number of nitrogen functional groups attached to an aromatic ring is 1. The Kier molecular flexibility index (Phi) is 0.631. The first-order valence-corrected chi connectivity index (χ1v) is 5.43. The summed E-state index contributed by atoms with van der Waals surface area (Å²) in [6.07, 6.45) is 1.41. The van der Waals surface area contributed by atoms with E-state index < -0.39 is 7.14 Å². The van der Waals surface area contributed by atoms with Crippen molar-refractivity contribution in [3.63, 3.8) is 0 Å². The van der Waals surface area contributed by atoms with Crippen molar-refractivity contribution in [2.24, 2.45) is 0 Å². The van der Waals surface area contributed by atoms with E-state index in [4.69, 9.17) is 14.6 Å². The Morgan fingerprint density at radius 1 is 1.46 bits per heavy atom. The Balaban J connectivity index is 1.99. The molecule has 1 unspecified atom stereocenters. The highest BCUT2D eigenvalue weighted by molar-refractivity contribution is 8.06. The number of oxazole rings is 1. The van der Waals surface area contributed by atoms with Gasteiger partial charge in [0.25, 0.3) is 6.01 Å². The standard InChI is InChI=1S/C7H3N2O3P/c8-7-9-2(1-11-7)3-4-5-6(12-3)13(4,5)10/h1H,(H2,8,9). The van der Waals surface area contributed by atoms with E-state index in [0.29, 0.717) is 17.0 Å². The SMILES string of the molecule is Nc1nc(-c2oc3c4c2P34=O)co1. The summed E-state index contributed by atoms with van der Waals surface area (Å²) in [5.41, 5.74) is 6.51. The number of hydrogen-bond donors (Lipinski definition) is 1. The zero-order valence-electron chi connectivity index (χ0n) is 6.27. The van der Waals surface area contributed by atoms with E-state index >= 15 is 0 Å². The van der Waals surface area contributed by atoms with Crippen LogP contribution in [0.5, 0.6) is 0 Å². The van der Waals surface area contributed by atoms with E-state index in [1.807, 2.05) is 0 Å². The van der Waals surface area contributed by atoms with Gasteiger partial charge in [-0.25, -0.2) is 0 Å². The van der Waals surface area contributed by atoms with Gasteiger partial charge in [-0.3, -0.25) is 0 Å². The topological polar surface area (TPSA) is 82.3 Å². The molecule has 0 saturated carbocycles. The van der Waals surface area contributed by atoms with E-state index in [9.17, 15) is 4.57 Å². The number of hydrogen-bond acceptors (Lipinski definition) is 5. The van der Waals surface area contributed by atoms with Gasteiger partial charge in [0.15, 0.2) is 11.3 Å². The zero-order valence-corrected chi connectivity index (χ0v) is 7.17. The molecule has 2 bridgehead atoms. The van der Waals surface area contributed by atoms with Crippen molar-refractivity contribution in [3.05, 3.63) is 6.26 Å². The van der Waals surface area contributed by atoms with Gasteiger partial charge in [0.05, 0.1) is 10.6 Å². The molecule has 0 aliphatic carbocycles. The fourth-order valence-corrected chi connectivity index (χ4v) is 4.16. The second kappa shape index (κ2) is 1.36. The van der Waals surface area contributed by atoms with Crippen molar-refractivity contribution in [1.29, 1.82) is 0 Å². The van der Waals surface area contributed by atoms with Gasteiger partial charge >= 0.3 is 0 Å². The predicted molar refractivity (Wildman–Crippen MR) is 45.1 cm³/mol. The van der Waals surface area contributed by atoms with Crippen LogP contribution < -0.4 is 21.8 Å². The molecule has 0 saturated heterocycles. The number of fused-ring (bicyclic) bond motifs is 1. The van der Waals surface area contributed by atoms with Crippen LogP contribution in [-0.4, -0.2) is 4.98 Å². The van der Waals surface area contributed by atoms with E-state index in [0.717, 1.165) is 10.6 Å². The molecule has 3 aliphatic rings. The Hall–Kier alpha value is -1.48. The van der Waals surface area contributed by atoms with Crippen molar-refractivity contribution in [2.75, 3.05) is 5.73 Å². The normalized spacial score (nSPS) is 25.8. The molecule has 64 valence electrons. The molecule has 1 atom stereocenters. The first-order chi connectivity index (χ1) is 6.23. The third-order valence-electron chi connectivity index (χ3n) is 2.41. The lowest BCUT2D eigenvalue weighted by molar-refractivity contribution is 0.578. The first kappa shape index (κ1) is 6.05. The largest absolute Gasteiger partial charge is 0.449 e. The van der Waals surface area contributed by atoms with Gasteiger partial charge in [-0.1, -0.05) is 0 Å². The van der Waals surface area contributed by atoms with Crippen LogP contribution in [0.2, 0.25) is 0 Å². The van der Waals surface area contributed by atoms with Crippen LogP contribution in [0.4, 0.5) is 6.01 Å². The van der Waals surface area contributed by atoms with Crippen molar-refractivity contribution >= 4 is 29.3 Å². The van der Waals surface area contributed by atoms with Crippen LogP contribution >= 0.6 is 7.14 Å². The van der Waals surface area contributed by atoms with Crippen LogP contribution in [0.25, 0.3) is 11.5 Å². The third kappa shape index (κ3) is 0.443. The molecule has 5 nitrogen and oxygen atoms in total. The van der Waals surface area contributed by atoms with Gasteiger partial charge in [0, 0.05) is 0 Å². The van der Waals surface area contributed by atoms with Gasteiger partial charge in [0.1, 0.15) is 12.0 Å². The monoisotopic (exact) mass is 194 g/mol. The highest BCUT2D eigenvalue weighted by Gasteiger charge is 2.74. The van der Waals surface area contributed by atoms with E-state index in [2.05, 4.69) is 4.98 Å². The number of nitrogens with zero attached hydrogens (tertiary/aromatic N) is 1. The Bertz CT molecular complexity index is 600. The average molecular weight is 194 g/mol. The Morgan fingerprint density at radius 2 is 2.23 bits per heavy atom. The molecular formula is C7H3N2O3P. The van der Waals surface area contributed by atoms with Crippen LogP contribution in [0.3, 0.4) is 0 Å². The third-order valence-corrected chi connectivity index (χ3v) is 4.96. The summed E-state index contributed by atoms with van der Waals surface area (Å²) < 4.78 is 21.7. The molecule has 0 radical (unpaired) electrons. The highest BCUT2D eigenvalue weighted by Crippen LogP contribution is 2.70. The summed E-state index contributed by atoms with van der Waals surface area (Å²) in [6.45, 7) is 0. The van der Waals surface area contributed by atoms with Crippen LogP contribution in [0.1, 0.15) is 0 Å². The maximum absolute atomic E-state index is 11.6. The minimum atomic E-state index is -2.14. The zero-order chi connectivity index (χ0) is 8.79. The predicted octanol–water partition coefficient (Wildman–Crippen LogP) is -0.217. The number of nitrogens with two attached hydrogens (primary N) is 1. The Labute approximate surface area is 71.9 Å². The minimum absolute atomic E-state index is 0.0964. The van der Waals surface area contributed by atoms with Crippen molar-refractivity contribution in [2.45, 2.75) is 0 Å². The molecule has 5 heterocycles. The van der Waals surface area contributed by atoms with E-state index in [-0.39, 0.29) is 6.01 Å². The lowest BCUT2D eigenvalue weighted by Gasteiger charge is -1.81. The average Bonchev–Trinajstić information content (AvgIpc) is 2.67. The molecule has 0 spiro atoms.